The van der Waals surface area contributed by atoms with Crippen molar-refractivity contribution in [2.24, 2.45) is 0 Å². The molecular formula is C14H14N2S2. The van der Waals surface area contributed by atoms with E-state index in [1.165, 1.54) is 27.0 Å². The largest absolute Gasteiger partial charge is 0.361 e. The number of hydrogen-bond acceptors (Lipinski definition) is 2. The van der Waals surface area contributed by atoms with Crippen LogP contribution in [0.5, 0.6) is 0 Å². The summed E-state index contributed by atoms with van der Waals surface area (Å²) in [6.07, 6.45) is 2.08. The molecule has 0 amide bonds. The van der Waals surface area contributed by atoms with Crippen molar-refractivity contribution in [2.75, 3.05) is 0 Å². The minimum atomic E-state index is 0.846. The van der Waals surface area contributed by atoms with Crippen LogP contribution < -0.4 is 0 Å². The maximum Gasteiger partial charge on any atom is 0.161 e. The molecule has 0 fully saturated rings. The molecule has 3 rings (SSSR count). The molecule has 92 valence electrons. The summed E-state index contributed by atoms with van der Waals surface area (Å²) in [6, 6.07) is 8.38. The summed E-state index contributed by atoms with van der Waals surface area (Å²) in [5.74, 6) is 0. The Morgan fingerprint density at radius 3 is 2.78 bits per heavy atom. The van der Waals surface area contributed by atoms with Crippen molar-refractivity contribution >= 4 is 34.5 Å². The standard InChI is InChI=1S/C14H14N2S2/c1-9-10(2)18-14(17)16(9)8-11-7-15-13-6-4-3-5-12(11)13/h3-7,15H,8H2,1-2H3. The number of nitrogens with one attached hydrogen (secondary N) is 1. The molecule has 2 aromatic heterocycles. The molecule has 3 aromatic rings. The third-order valence-corrected chi connectivity index (χ3v) is 4.85. The van der Waals surface area contributed by atoms with E-state index in [9.17, 15) is 0 Å². The molecule has 0 aliphatic heterocycles. The van der Waals surface area contributed by atoms with Gasteiger partial charge in [0.1, 0.15) is 0 Å². The Morgan fingerprint density at radius 1 is 1.28 bits per heavy atom. The lowest BCUT2D eigenvalue weighted by Crippen LogP contribution is -2.01. The number of aryl methyl sites for hydroxylation is 1. The second-order valence-electron chi connectivity index (χ2n) is 4.46. The highest BCUT2D eigenvalue weighted by atomic mass is 32.1. The van der Waals surface area contributed by atoms with E-state index in [0.29, 0.717) is 0 Å². The first-order valence-electron chi connectivity index (χ1n) is 5.88. The molecule has 0 atom stereocenters. The zero-order valence-corrected chi connectivity index (χ0v) is 12.0. The Hall–Kier alpha value is -1.39. The number of fused-ring (bicyclic) bond motifs is 1. The van der Waals surface area contributed by atoms with Crippen molar-refractivity contribution in [1.82, 2.24) is 9.55 Å². The van der Waals surface area contributed by atoms with Crippen molar-refractivity contribution < 1.29 is 0 Å². The Bertz CT molecular complexity index is 762. The molecule has 2 nitrogen and oxygen atoms in total. The number of thiazole rings is 1. The Morgan fingerprint density at radius 2 is 2.06 bits per heavy atom. The molecule has 1 N–H and O–H groups in total. The zero-order chi connectivity index (χ0) is 12.7. The van der Waals surface area contributed by atoms with Gasteiger partial charge in [0.2, 0.25) is 0 Å². The van der Waals surface area contributed by atoms with Crippen LogP contribution in [0.4, 0.5) is 0 Å². The number of benzene rings is 1. The number of aromatic nitrogens is 2. The van der Waals surface area contributed by atoms with Gasteiger partial charge in [-0.2, -0.15) is 0 Å². The lowest BCUT2D eigenvalue weighted by molar-refractivity contribution is 0.771. The lowest BCUT2D eigenvalue weighted by atomic mass is 10.2. The summed E-state index contributed by atoms with van der Waals surface area (Å²) in [7, 11) is 0. The van der Waals surface area contributed by atoms with Crippen molar-refractivity contribution in [2.45, 2.75) is 20.4 Å². The van der Waals surface area contributed by atoms with E-state index in [1.54, 1.807) is 11.3 Å². The topological polar surface area (TPSA) is 20.7 Å². The molecule has 0 aliphatic carbocycles. The van der Waals surface area contributed by atoms with Crippen LogP contribution in [0.3, 0.4) is 0 Å². The molecule has 0 saturated heterocycles. The van der Waals surface area contributed by atoms with Gasteiger partial charge in [-0.15, -0.1) is 11.3 Å². The van der Waals surface area contributed by atoms with Crippen LogP contribution in [0, 0.1) is 17.8 Å². The average Bonchev–Trinajstić information content (AvgIpc) is 2.87. The fourth-order valence-corrected chi connectivity index (χ4v) is 3.61. The molecule has 1 aromatic carbocycles. The van der Waals surface area contributed by atoms with Crippen LogP contribution in [-0.2, 0) is 6.54 Å². The van der Waals surface area contributed by atoms with Crippen LogP contribution in [0.25, 0.3) is 10.9 Å². The Balaban J connectivity index is 2.09. The number of aromatic amines is 1. The van der Waals surface area contributed by atoms with Crippen LogP contribution in [-0.4, -0.2) is 9.55 Å². The van der Waals surface area contributed by atoms with Gasteiger partial charge in [0, 0.05) is 27.7 Å². The highest BCUT2D eigenvalue weighted by molar-refractivity contribution is 7.73. The summed E-state index contributed by atoms with van der Waals surface area (Å²) in [5, 5.41) is 1.28. The van der Waals surface area contributed by atoms with Gasteiger partial charge in [0.05, 0.1) is 6.54 Å². The van der Waals surface area contributed by atoms with Gasteiger partial charge in [-0.05, 0) is 37.7 Å². The van der Waals surface area contributed by atoms with Gasteiger partial charge < -0.3 is 9.55 Å². The minimum absolute atomic E-state index is 0.846. The second-order valence-corrected chi connectivity index (χ2v) is 6.30. The first kappa shape index (κ1) is 11.7. The molecule has 0 saturated carbocycles. The lowest BCUT2D eigenvalue weighted by Gasteiger charge is -2.05. The molecule has 4 heteroatoms. The molecule has 0 aliphatic rings. The summed E-state index contributed by atoms with van der Waals surface area (Å²) in [6.45, 7) is 5.11. The van der Waals surface area contributed by atoms with Crippen LogP contribution in [0.2, 0.25) is 0 Å². The predicted molar refractivity (Wildman–Crippen MR) is 80.0 cm³/mol. The fourth-order valence-electron chi connectivity index (χ4n) is 2.20. The third-order valence-electron chi connectivity index (χ3n) is 3.38. The van der Waals surface area contributed by atoms with Gasteiger partial charge in [0.15, 0.2) is 3.95 Å². The van der Waals surface area contributed by atoms with Gasteiger partial charge in [-0.1, -0.05) is 18.2 Å². The molecule has 2 heterocycles. The first-order chi connectivity index (χ1) is 8.66. The van der Waals surface area contributed by atoms with E-state index < -0.39 is 0 Å². The van der Waals surface area contributed by atoms with E-state index in [4.69, 9.17) is 12.2 Å². The van der Waals surface area contributed by atoms with Gasteiger partial charge in [-0.25, -0.2) is 0 Å². The van der Waals surface area contributed by atoms with E-state index in [-0.39, 0.29) is 0 Å². The van der Waals surface area contributed by atoms with Crippen LogP contribution in [0.15, 0.2) is 30.5 Å². The molecule has 18 heavy (non-hydrogen) atoms. The SMILES string of the molecule is Cc1sc(=S)n(Cc2c[nH]c3ccccc23)c1C. The zero-order valence-electron chi connectivity index (χ0n) is 10.4. The quantitative estimate of drug-likeness (QED) is 0.686. The van der Waals surface area contributed by atoms with Crippen LogP contribution >= 0.6 is 23.6 Å². The van der Waals surface area contributed by atoms with Crippen LogP contribution in [0.1, 0.15) is 16.1 Å². The summed E-state index contributed by atoms with van der Waals surface area (Å²) < 4.78 is 3.17. The summed E-state index contributed by atoms with van der Waals surface area (Å²) in [5.41, 5.74) is 3.75. The third kappa shape index (κ3) is 1.82. The Kier molecular flexibility index (Phi) is 2.84. The summed E-state index contributed by atoms with van der Waals surface area (Å²) >= 11 is 7.12. The predicted octanol–water partition coefficient (Wildman–Crippen LogP) is 4.43. The molecule has 0 unspecified atom stereocenters. The second kappa shape index (κ2) is 4.37. The van der Waals surface area contributed by atoms with E-state index in [1.807, 2.05) is 6.07 Å². The van der Waals surface area contributed by atoms with Crippen molar-refractivity contribution in [3.05, 3.63) is 50.6 Å². The highest BCUT2D eigenvalue weighted by Gasteiger charge is 2.08. The maximum absolute atomic E-state index is 5.43. The molecule has 0 radical (unpaired) electrons. The monoisotopic (exact) mass is 274 g/mol. The molecule has 0 spiro atoms. The fraction of sp³-hybridized carbons (Fsp3) is 0.214. The smallest absolute Gasteiger partial charge is 0.161 e. The highest BCUT2D eigenvalue weighted by Crippen LogP contribution is 2.23. The number of hydrogen-bond donors (Lipinski definition) is 1. The van der Waals surface area contributed by atoms with E-state index in [0.717, 1.165) is 10.5 Å². The normalized spacial score (nSPS) is 11.2. The molecule has 0 bridgehead atoms. The van der Waals surface area contributed by atoms with E-state index in [2.05, 4.69) is 47.8 Å². The van der Waals surface area contributed by atoms with E-state index >= 15 is 0 Å². The first-order valence-corrected chi connectivity index (χ1v) is 7.11. The maximum atomic E-state index is 5.43. The Labute approximate surface area is 115 Å². The van der Waals surface area contributed by atoms with Crippen molar-refractivity contribution in [3.8, 4) is 0 Å². The average molecular weight is 274 g/mol. The number of rotatable bonds is 2. The van der Waals surface area contributed by atoms with Gasteiger partial charge in [-0.3, -0.25) is 0 Å². The van der Waals surface area contributed by atoms with Crippen molar-refractivity contribution in [3.63, 3.8) is 0 Å². The number of para-hydroxylation sites is 1. The molecular weight excluding hydrogens is 260 g/mol. The number of H-pyrrole nitrogens is 1. The summed E-state index contributed by atoms with van der Waals surface area (Å²) in [4.78, 5) is 4.62. The van der Waals surface area contributed by atoms with Gasteiger partial charge >= 0.3 is 0 Å². The minimum Gasteiger partial charge on any atom is -0.361 e. The van der Waals surface area contributed by atoms with Crippen molar-refractivity contribution in [1.29, 1.82) is 0 Å². The van der Waals surface area contributed by atoms with Gasteiger partial charge in [0.25, 0.3) is 0 Å². The number of nitrogens with zero attached hydrogens (tertiary/aromatic N) is 1.